The van der Waals surface area contributed by atoms with Crippen molar-refractivity contribution in [2.24, 2.45) is 11.8 Å². The highest BCUT2D eigenvalue weighted by atomic mass is 16.5. The lowest BCUT2D eigenvalue weighted by Crippen LogP contribution is -2.51. The van der Waals surface area contributed by atoms with Crippen molar-refractivity contribution >= 4 is 11.8 Å². The molecule has 0 heterocycles. The number of hydrogen-bond donors (Lipinski definition) is 2. The largest absolute Gasteiger partial charge is 0.493 e. The van der Waals surface area contributed by atoms with Crippen LogP contribution in [0.5, 0.6) is 11.5 Å². The van der Waals surface area contributed by atoms with Gasteiger partial charge in [0, 0.05) is 12.5 Å². The van der Waals surface area contributed by atoms with Crippen molar-refractivity contribution < 1.29 is 19.1 Å². The molecule has 0 aliphatic heterocycles. The zero-order chi connectivity index (χ0) is 19.8. The summed E-state index contributed by atoms with van der Waals surface area (Å²) in [6.07, 6.45) is 5.23. The van der Waals surface area contributed by atoms with E-state index in [1.807, 2.05) is 32.0 Å². The second-order valence-corrected chi connectivity index (χ2v) is 7.47. The smallest absolute Gasteiger partial charge is 0.243 e. The molecule has 1 fully saturated rings. The first kappa shape index (κ1) is 21.1. The third-order valence-corrected chi connectivity index (χ3v) is 5.14. The van der Waals surface area contributed by atoms with Crippen LogP contribution in [0, 0.1) is 11.8 Å². The van der Waals surface area contributed by atoms with E-state index in [0.29, 0.717) is 18.0 Å². The minimum atomic E-state index is -0.528. The lowest BCUT2D eigenvalue weighted by Gasteiger charge is -2.26. The van der Waals surface area contributed by atoms with Gasteiger partial charge in [0.05, 0.1) is 14.2 Å². The maximum Gasteiger partial charge on any atom is 0.243 e. The Morgan fingerprint density at radius 2 is 1.74 bits per heavy atom. The average Bonchev–Trinajstić information content (AvgIpc) is 2.70. The van der Waals surface area contributed by atoms with Crippen LogP contribution in [-0.2, 0) is 16.1 Å². The number of amides is 2. The molecule has 27 heavy (non-hydrogen) atoms. The van der Waals surface area contributed by atoms with Gasteiger partial charge in [-0.3, -0.25) is 9.59 Å². The van der Waals surface area contributed by atoms with Gasteiger partial charge in [-0.25, -0.2) is 0 Å². The summed E-state index contributed by atoms with van der Waals surface area (Å²) in [6.45, 7) is 4.26. The number of carbonyl (C=O) groups is 2. The van der Waals surface area contributed by atoms with Crippen molar-refractivity contribution in [3.63, 3.8) is 0 Å². The zero-order valence-corrected chi connectivity index (χ0v) is 16.8. The predicted octanol–water partition coefficient (Wildman–Crippen LogP) is 3.04. The van der Waals surface area contributed by atoms with Crippen LogP contribution in [0.15, 0.2) is 18.2 Å². The summed E-state index contributed by atoms with van der Waals surface area (Å²) in [7, 11) is 3.16. The van der Waals surface area contributed by atoms with Gasteiger partial charge in [-0.1, -0.05) is 39.2 Å². The van der Waals surface area contributed by atoms with E-state index in [0.717, 1.165) is 31.2 Å². The van der Waals surface area contributed by atoms with E-state index >= 15 is 0 Å². The standard InChI is InChI=1S/C21H32N2O4/c1-14(2)19(23-20(24)16-8-6-5-7-9-16)21(25)22-13-15-10-11-17(26-3)18(12-15)27-4/h10-12,14,16,19H,5-9,13H2,1-4H3,(H,22,25)(H,23,24). The summed E-state index contributed by atoms with van der Waals surface area (Å²) in [5.74, 6) is 1.17. The van der Waals surface area contributed by atoms with E-state index in [1.165, 1.54) is 6.42 Å². The van der Waals surface area contributed by atoms with E-state index in [9.17, 15) is 9.59 Å². The predicted molar refractivity (Wildman–Crippen MR) is 105 cm³/mol. The van der Waals surface area contributed by atoms with Gasteiger partial charge in [0.1, 0.15) is 6.04 Å². The number of carbonyl (C=O) groups excluding carboxylic acids is 2. The van der Waals surface area contributed by atoms with Crippen LogP contribution in [0.25, 0.3) is 0 Å². The van der Waals surface area contributed by atoms with Crippen molar-refractivity contribution in [2.45, 2.75) is 58.5 Å². The second kappa shape index (κ2) is 10.2. The highest BCUT2D eigenvalue weighted by molar-refractivity contribution is 5.88. The Balaban J connectivity index is 1.95. The van der Waals surface area contributed by atoms with Crippen molar-refractivity contribution in [3.05, 3.63) is 23.8 Å². The molecule has 1 aliphatic carbocycles. The van der Waals surface area contributed by atoms with Gasteiger partial charge in [-0.15, -0.1) is 0 Å². The van der Waals surface area contributed by atoms with Gasteiger partial charge in [0.25, 0.3) is 0 Å². The van der Waals surface area contributed by atoms with Gasteiger partial charge in [0.15, 0.2) is 11.5 Å². The van der Waals surface area contributed by atoms with Gasteiger partial charge >= 0.3 is 0 Å². The molecule has 0 saturated heterocycles. The van der Waals surface area contributed by atoms with Gasteiger partial charge in [0.2, 0.25) is 11.8 Å². The summed E-state index contributed by atoms with van der Waals surface area (Å²) in [4.78, 5) is 25.2. The molecule has 2 N–H and O–H groups in total. The van der Waals surface area contributed by atoms with Crippen LogP contribution in [0.4, 0.5) is 0 Å². The molecule has 1 aliphatic rings. The van der Waals surface area contributed by atoms with E-state index in [4.69, 9.17) is 9.47 Å². The number of hydrogen-bond acceptors (Lipinski definition) is 4. The fraction of sp³-hybridized carbons (Fsp3) is 0.619. The van der Waals surface area contributed by atoms with E-state index < -0.39 is 6.04 Å². The number of benzene rings is 1. The van der Waals surface area contributed by atoms with Gasteiger partial charge < -0.3 is 20.1 Å². The topological polar surface area (TPSA) is 76.7 Å². The zero-order valence-electron chi connectivity index (χ0n) is 16.8. The van der Waals surface area contributed by atoms with Crippen molar-refractivity contribution in [2.75, 3.05) is 14.2 Å². The third-order valence-electron chi connectivity index (χ3n) is 5.14. The minimum Gasteiger partial charge on any atom is -0.493 e. The maximum absolute atomic E-state index is 12.7. The molecule has 2 rings (SSSR count). The van der Waals surface area contributed by atoms with Crippen LogP contribution < -0.4 is 20.1 Å². The molecule has 150 valence electrons. The Hall–Kier alpha value is -2.24. The Labute approximate surface area is 162 Å². The summed E-state index contributed by atoms with van der Waals surface area (Å²) >= 11 is 0. The monoisotopic (exact) mass is 376 g/mol. The molecule has 0 bridgehead atoms. The third kappa shape index (κ3) is 5.88. The van der Waals surface area contributed by atoms with Crippen molar-refractivity contribution in [1.29, 1.82) is 0 Å². The summed E-state index contributed by atoms with van der Waals surface area (Å²) in [5, 5.41) is 5.89. The molecule has 0 aromatic heterocycles. The van der Waals surface area contributed by atoms with Crippen molar-refractivity contribution in [1.82, 2.24) is 10.6 Å². The summed E-state index contributed by atoms with van der Waals surface area (Å²) < 4.78 is 10.5. The molecule has 2 amide bonds. The molecule has 6 nitrogen and oxygen atoms in total. The van der Waals surface area contributed by atoms with Crippen LogP contribution in [0.3, 0.4) is 0 Å². The number of nitrogens with one attached hydrogen (secondary N) is 2. The van der Waals surface area contributed by atoms with Crippen LogP contribution in [-0.4, -0.2) is 32.1 Å². The quantitative estimate of drug-likeness (QED) is 0.731. The number of methoxy groups -OCH3 is 2. The molecule has 0 radical (unpaired) electrons. The second-order valence-electron chi connectivity index (χ2n) is 7.47. The maximum atomic E-state index is 12.7. The molecule has 1 saturated carbocycles. The molecule has 0 spiro atoms. The first-order valence-corrected chi connectivity index (χ1v) is 9.75. The molecule has 1 aromatic carbocycles. The summed E-state index contributed by atoms with van der Waals surface area (Å²) in [6, 6.07) is 5.00. The fourth-order valence-electron chi connectivity index (χ4n) is 3.46. The van der Waals surface area contributed by atoms with Crippen LogP contribution >= 0.6 is 0 Å². The average molecular weight is 376 g/mol. The Kier molecular flexibility index (Phi) is 7.95. The molecular weight excluding hydrogens is 344 g/mol. The van der Waals surface area contributed by atoms with Crippen LogP contribution in [0.2, 0.25) is 0 Å². The van der Waals surface area contributed by atoms with E-state index in [1.54, 1.807) is 14.2 Å². The number of rotatable bonds is 8. The van der Waals surface area contributed by atoms with Crippen molar-refractivity contribution in [3.8, 4) is 11.5 Å². The molecule has 1 atom stereocenters. The Morgan fingerprint density at radius 1 is 1.07 bits per heavy atom. The van der Waals surface area contributed by atoms with Gasteiger partial charge in [-0.2, -0.15) is 0 Å². The molecule has 6 heteroatoms. The first-order chi connectivity index (χ1) is 13.0. The highest BCUT2D eigenvalue weighted by Crippen LogP contribution is 2.27. The molecule has 1 unspecified atom stereocenters. The van der Waals surface area contributed by atoms with E-state index in [2.05, 4.69) is 10.6 Å². The highest BCUT2D eigenvalue weighted by Gasteiger charge is 2.28. The Morgan fingerprint density at radius 3 is 2.33 bits per heavy atom. The lowest BCUT2D eigenvalue weighted by molar-refractivity contribution is -0.132. The normalized spacial score (nSPS) is 15.9. The number of ether oxygens (including phenoxy) is 2. The summed E-state index contributed by atoms with van der Waals surface area (Å²) in [5.41, 5.74) is 0.905. The molecule has 1 aromatic rings. The first-order valence-electron chi connectivity index (χ1n) is 9.75. The van der Waals surface area contributed by atoms with Gasteiger partial charge in [-0.05, 0) is 36.5 Å². The van der Waals surface area contributed by atoms with E-state index in [-0.39, 0.29) is 23.7 Å². The fourth-order valence-corrected chi connectivity index (χ4v) is 3.46. The lowest BCUT2D eigenvalue weighted by atomic mass is 9.88. The van der Waals surface area contributed by atoms with Crippen LogP contribution in [0.1, 0.15) is 51.5 Å². The minimum absolute atomic E-state index is 0.00895. The SMILES string of the molecule is COc1ccc(CNC(=O)C(NC(=O)C2CCCCC2)C(C)C)cc1OC. The Bertz CT molecular complexity index is 639. The molecular formula is C21H32N2O4.